The lowest BCUT2D eigenvalue weighted by Crippen LogP contribution is -2.56. The van der Waals surface area contributed by atoms with Crippen LogP contribution in [0.2, 0.25) is 0 Å². The summed E-state index contributed by atoms with van der Waals surface area (Å²) in [5.74, 6) is -18.4. The number of piperidine rings is 1. The second-order valence-corrected chi connectivity index (χ2v) is 41.4. The van der Waals surface area contributed by atoms with Gasteiger partial charge in [0.25, 0.3) is 5.91 Å². The van der Waals surface area contributed by atoms with E-state index in [9.17, 15) is 118 Å². The average molecular weight is 2040 g/mol. The number of carboxylic acids is 2. The Bertz CT molecular complexity index is 5060. The highest BCUT2D eigenvalue weighted by Crippen LogP contribution is 2.53. The number of esters is 2. The number of nitrogens with one attached hydrogen (secondary N) is 6. The first kappa shape index (κ1) is 114. The van der Waals surface area contributed by atoms with E-state index < -0.39 is 253 Å². The molecule has 3 heterocycles. The Morgan fingerprint density at radius 3 is 2.09 bits per heavy atom. The van der Waals surface area contributed by atoms with E-state index in [2.05, 4.69) is 37.1 Å². The largest absolute Gasteiger partial charge is 0.508 e. The van der Waals surface area contributed by atoms with Gasteiger partial charge in [-0.3, -0.25) is 77.4 Å². The van der Waals surface area contributed by atoms with E-state index in [4.69, 9.17) is 33.2 Å². The number of ketones is 6. The number of ether oxygens (including phenoxy) is 7. The van der Waals surface area contributed by atoms with Gasteiger partial charge in [0.05, 0.1) is 72.4 Å². The van der Waals surface area contributed by atoms with Gasteiger partial charge in [0, 0.05) is 140 Å². The Morgan fingerprint density at radius 1 is 0.770 bits per heavy atom. The van der Waals surface area contributed by atoms with Crippen LogP contribution in [0, 0.1) is 35.5 Å². The van der Waals surface area contributed by atoms with Gasteiger partial charge in [0.2, 0.25) is 29.4 Å². The number of carboxylic acid groups (broad SMARTS) is 2. The minimum Gasteiger partial charge on any atom is -0.508 e. The first-order valence-corrected chi connectivity index (χ1v) is 51.6. The van der Waals surface area contributed by atoms with Gasteiger partial charge in [-0.05, 0) is 95.1 Å². The highest BCUT2D eigenvalue weighted by Gasteiger charge is 2.52. The van der Waals surface area contributed by atoms with Gasteiger partial charge in [0.1, 0.15) is 71.0 Å². The summed E-state index contributed by atoms with van der Waals surface area (Å²) in [5.41, 5.74) is 0.390. The van der Waals surface area contributed by atoms with E-state index in [1.165, 1.54) is 83.2 Å². The number of hydrazine groups is 1. The van der Waals surface area contributed by atoms with Crippen molar-refractivity contribution in [2.45, 2.75) is 238 Å². The predicted octanol–water partition coefficient (Wildman–Crippen LogP) is 7.49. The topological polar surface area (TPSA) is 608 Å². The number of aromatic nitrogens is 1. The molecule has 8 rings (SSSR count). The van der Waals surface area contributed by atoms with Gasteiger partial charge < -0.3 is 105 Å². The van der Waals surface area contributed by atoms with E-state index in [0.29, 0.717) is 24.8 Å². The van der Waals surface area contributed by atoms with Crippen LogP contribution in [0.5, 0.6) is 23.0 Å². The number of aliphatic hydroxyl groups excluding tert-OH is 2. The summed E-state index contributed by atoms with van der Waals surface area (Å²) in [6.45, 7) is 13.0. The molecule has 14 N–H and O–H groups in total. The van der Waals surface area contributed by atoms with Crippen LogP contribution in [0.3, 0.4) is 0 Å². The minimum absolute atomic E-state index is 0.000892. The summed E-state index contributed by atoms with van der Waals surface area (Å²) in [4.78, 5) is 236. The van der Waals surface area contributed by atoms with Crippen molar-refractivity contribution in [1.29, 1.82) is 0 Å². The molecular formula is C93H125N9O32S5. The molecule has 0 radical (unpaired) electrons. The number of carbonyl (C=O) groups excluding carboxylic acids is 15. The molecule has 0 bridgehead atoms. The number of hydrogen-bond donors (Lipinski definition) is 14. The van der Waals surface area contributed by atoms with Gasteiger partial charge in [-0.15, -0.1) is 11.3 Å². The van der Waals surface area contributed by atoms with Crippen molar-refractivity contribution in [2.24, 2.45) is 35.5 Å². The fraction of sp³-hybridized carbons (Fsp3) is 0.591. The number of fused-ring (bicyclic) bond motifs is 3. The van der Waals surface area contributed by atoms with Crippen molar-refractivity contribution < 1.29 is 156 Å². The van der Waals surface area contributed by atoms with Crippen LogP contribution in [0.25, 0.3) is 0 Å². The normalized spacial score (nSPS) is 19.8. The third-order valence-electron chi connectivity index (χ3n) is 24.4. The number of methoxy groups -OCH3 is 1. The summed E-state index contributed by atoms with van der Waals surface area (Å²) in [6.07, 6.45) is -9.09. The number of benzene rings is 3. The quantitative estimate of drug-likeness (QED) is 0.00341. The molecule has 2 fully saturated rings. The van der Waals surface area contributed by atoms with E-state index >= 15 is 4.79 Å². The number of nitrogens with zero attached hydrogens (tertiary/aromatic N) is 3. The Labute approximate surface area is 823 Å². The molecule has 3 aromatic carbocycles. The van der Waals surface area contributed by atoms with Crippen LogP contribution in [0.1, 0.15) is 235 Å². The number of alkyl carbamates (subject to hydrolysis) is 1. The Balaban J connectivity index is 0.754. The molecule has 1 aromatic heterocycles. The van der Waals surface area contributed by atoms with Crippen LogP contribution in [0.4, 0.5) is 9.59 Å². The third-order valence-corrected chi connectivity index (χ3v) is 30.2. The molecular weight excluding hydrogens is 1920 g/mol. The number of phenolic OH excluding ortho intramolecular Hbond substituents is 3. The molecule has 4 aromatic rings. The maximum atomic E-state index is 15.1. The molecule has 41 nitrogen and oxygen atoms in total. The highest BCUT2D eigenvalue weighted by molar-refractivity contribution is 8.77. The molecule has 139 heavy (non-hydrogen) atoms. The number of aliphatic hydroxyl groups is 3. The Kier molecular flexibility index (Phi) is 44.5. The number of phenols is 3. The fourth-order valence-corrected chi connectivity index (χ4v) is 21.6. The maximum Gasteiger partial charge on any atom is 0.426 e. The molecule has 2 aliphatic heterocycles. The molecule has 764 valence electrons. The van der Waals surface area contributed by atoms with Gasteiger partial charge in [0.15, 0.2) is 42.3 Å². The Hall–Kier alpha value is -10.6. The predicted molar refractivity (Wildman–Crippen MR) is 508 cm³/mol. The van der Waals surface area contributed by atoms with Crippen LogP contribution in [-0.2, 0) is 98.8 Å². The summed E-state index contributed by atoms with van der Waals surface area (Å²) in [5, 5.41) is 98.4. The van der Waals surface area contributed by atoms with Crippen molar-refractivity contribution >= 4 is 155 Å². The SMILES string of the molecule is CCCC(=O)OCN(C(=O)[C@@H](CC(=O)[C@H]1CCCCN1C)C(C)CC)[C@H](C[C@@H](OC(C)=O)c1nc(C(=O)N[C@@H](Cc2ccc(O)cc2)C[C@H](C)C(=O)NNC(=O)OCCSSCCC(=O)NC[C@H](CC(C)=O)C(=O)N[C@@H](CC(=O)O)C(=O)C[C@@H](CSSCCOC(=O)NC2CC(O[C@H]3C[C@](O)(C(=O)CO)Cc4c(O)c5c(c(O)c43)C(=O)c3c(OC)cccc3C5=O)OC(C)C2O)C(=O)O)cs1)C(C)C. The number of likely N-dealkylation sites (tertiary alicyclic amines) is 1. The van der Waals surface area contributed by atoms with Crippen molar-refractivity contribution in [3.05, 3.63) is 97.5 Å². The number of aromatic hydroxyl groups is 3. The first-order valence-electron chi connectivity index (χ1n) is 45.7. The molecule has 0 saturated carbocycles. The molecule has 7 amide bonds. The minimum atomic E-state index is -2.47. The second kappa shape index (κ2) is 54.4. The van der Waals surface area contributed by atoms with Crippen LogP contribution >= 0.6 is 54.5 Å². The number of hydrogen-bond acceptors (Lipinski definition) is 37. The van der Waals surface area contributed by atoms with Crippen LogP contribution in [-0.4, -0.2) is 287 Å². The standard InChI is InChI=1S/C93H125N9O32S5/c1-12-17-74(113)131-46-102(89(122)59(48(5)13-2)36-67(108)64-19-14-15-26-101(64)10)65(47(3)4)39-69(133-52(9)105)88-97-63(45-135-88)87(121)95-56(34-53-21-23-57(106)24-22-53)32-49(6)85(119)99-100-92(126)130-28-30-137-136-29-25-72(110)94-42-54(33-50(7)104)86(120)96-61(37-73(111)112)66(107)35-55(90(123)124)44-139-138-31-27-129-91(125)98-62-38-75(132-51(8)80(62)114)134-70-41-93(127,71(109)43-103)40-60-77(70)84(118)79-78(82(60)116)81(115)58-18-16-20-68(128-11)76(58)83(79)117/h16,18,20-24,45,47-49,51,54-56,59,61-62,64-65,69-70,75,80,103,106,114,116,118,127H,12-15,17,19,25-44,46H2,1-11H3,(H,94,110)(H,95,121)(H,96,120)(H,98,125)(H,99,119)(H,100,126)(H,111,112)(H,123,124)/t48?,49-,51?,54-,55-,56+,59-,61-,62?,64+,65+,69+,70-,75?,80?,93-/m0/s1. The van der Waals surface area contributed by atoms with Crippen molar-refractivity contribution in [2.75, 3.05) is 76.8 Å². The van der Waals surface area contributed by atoms with Gasteiger partial charge >= 0.3 is 36.1 Å². The van der Waals surface area contributed by atoms with Gasteiger partial charge in [-0.2, -0.15) is 0 Å². The van der Waals surface area contributed by atoms with E-state index in [1.54, 1.807) is 19.1 Å². The lowest BCUT2D eigenvalue weighted by atomic mass is 9.72. The first-order chi connectivity index (χ1) is 65.9. The van der Waals surface area contributed by atoms with E-state index in [0.717, 1.165) is 59.2 Å². The number of amides is 7. The number of Topliss-reactive ketones (excluding diaryl/α,β-unsaturated/α-hetero) is 4. The van der Waals surface area contributed by atoms with Crippen molar-refractivity contribution in [3.63, 3.8) is 0 Å². The molecule has 2 saturated heterocycles. The zero-order valence-electron chi connectivity index (χ0n) is 79.2. The van der Waals surface area contributed by atoms with Crippen LogP contribution < -0.4 is 36.9 Å². The molecule has 46 heteroatoms. The monoisotopic (exact) mass is 2040 g/mol. The van der Waals surface area contributed by atoms with Crippen LogP contribution in [0.15, 0.2) is 47.8 Å². The Morgan fingerprint density at radius 2 is 1.45 bits per heavy atom. The molecule has 0 spiro atoms. The number of likely N-dealkylation sites (N-methyl/N-ethyl adjacent to an activating group) is 1. The summed E-state index contributed by atoms with van der Waals surface area (Å²) in [7, 11) is 7.56. The lowest BCUT2D eigenvalue weighted by Gasteiger charge is -2.42. The van der Waals surface area contributed by atoms with Gasteiger partial charge in [-0.1, -0.05) is 122 Å². The number of rotatable bonds is 54. The number of carbonyl (C=O) groups is 17. The zero-order valence-corrected chi connectivity index (χ0v) is 83.3. The van der Waals surface area contributed by atoms with E-state index in [1.807, 2.05) is 46.6 Å². The number of thiazole rings is 1. The van der Waals surface area contributed by atoms with E-state index in [-0.39, 0.29) is 149 Å². The molecule has 5 unspecified atom stereocenters. The summed E-state index contributed by atoms with van der Waals surface area (Å²) in [6, 6.07) is 5.52. The smallest absolute Gasteiger partial charge is 0.426 e. The average Bonchev–Trinajstić information content (AvgIpc) is 0.982. The molecule has 2 aliphatic carbocycles. The second-order valence-electron chi connectivity index (χ2n) is 35.2. The molecule has 16 atom stereocenters. The highest BCUT2D eigenvalue weighted by atomic mass is 33.1. The molecule has 4 aliphatic rings. The summed E-state index contributed by atoms with van der Waals surface area (Å²) >= 11 is 1.03. The van der Waals surface area contributed by atoms with Crippen molar-refractivity contribution in [3.8, 4) is 23.0 Å². The lowest BCUT2D eigenvalue weighted by molar-refractivity contribution is -0.249. The third kappa shape index (κ3) is 32.5. The number of aliphatic carboxylic acids is 2. The summed E-state index contributed by atoms with van der Waals surface area (Å²) < 4.78 is 39.7. The maximum absolute atomic E-state index is 15.1. The van der Waals surface area contributed by atoms with Gasteiger partial charge in [-0.25, -0.2) is 20.0 Å². The van der Waals surface area contributed by atoms with Crippen molar-refractivity contribution in [1.82, 2.24) is 46.9 Å². The zero-order chi connectivity index (χ0) is 102. The fourth-order valence-electron chi connectivity index (χ4n) is 16.8.